The van der Waals surface area contributed by atoms with Crippen LogP contribution < -0.4 is 27.2 Å². The molecular formula is C20H27N5O3. The lowest BCUT2D eigenvalue weighted by atomic mass is 10.2. The van der Waals surface area contributed by atoms with Gasteiger partial charge in [0.15, 0.2) is 0 Å². The zero-order valence-corrected chi connectivity index (χ0v) is 16.1. The maximum atomic E-state index is 12.6. The molecule has 1 amide bonds. The van der Waals surface area contributed by atoms with E-state index in [2.05, 4.69) is 10.3 Å². The minimum absolute atomic E-state index is 0.00927. The van der Waals surface area contributed by atoms with Gasteiger partial charge >= 0.3 is 5.69 Å². The number of anilines is 2. The fourth-order valence-electron chi connectivity index (χ4n) is 3.11. The van der Waals surface area contributed by atoms with Gasteiger partial charge in [0.1, 0.15) is 11.5 Å². The van der Waals surface area contributed by atoms with Crippen molar-refractivity contribution in [2.75, 3.05) is 17.2 Å². The number of hydrogen-bond acceptors (Lipinski definition) is 5. The Morgan fingerprint density at radius 2 is 2.00 bits per heavy atom. The molecular weight excluding hydrogens is 358 g/mol. The molecule has 0 radical (unpaired) electrons. The number of carbonyl (C=O) groups is 1. The number of hydrogen-bond donors (Lipinski definition) is 3. The quantitative estimate of drug-likeness (QED) is 0.600. The largest absolute Gasteiger partial charge is 0.383 e. The molecule has 4 N–H and O–H groups in total. The highest BCUT2D eigenvalue weighted by Gasteiger charge is 2.26. The first-order valence-corrected chi connectivity index (χ1v) is 9.70. The van der Waals surface area contributed by atoms with Crippen LogP contribution >= 0.6 is 0 Å². The summed E-state index contributed by atoms with van der Waals surface area (Å²) in [6.07, 6.45) is 3.61. The number of rotatable bonds is 9. The highest BCUT2D eigenvalue weighted by molar-refractivity contribution is 5.83. The topological polar surface area (TPSA) is 113 Å². The van der Waals surface area contributed by atoms with Crippen LogP contribution in [0.15, 0.2) is 39.9 Å². The highest BCUT2D eigenvalue weighted by atomic mass is 16.2. The van der Waals surface area contributed by atoms with E-state index in [1.54, 1.807) is 4.90 Å². The monoisotopic (exact) mass is 385 g/mol. The summed E-state index contributed by atoms with van der Waals surface area (Å²) in [6.45, 7) is 2.75. The van der Waals surface area contributed by atoms with E-state index in [1.165, 1.54) is 4.57 Å². The Balaban J connectivity index is 1.96. The maximum absolute atomic E-state index is 12.6. The van der Waals surface area contributed by atoms with Crippen LogP contribution in [-0.4, -0.2) is 28.0 Å². The van der Waals surface area contributed by atoms with Crippen molar-refractivity contribution in [2.24, 2.45) is 0 Å². The number of unbranched alkanes of at least 4 members (excludes halogenated alkanes) is 1. The van der Waals surface area contributed by atoms with Crippen molar-refractivity contribution in [3.05, 3.63) is 56.7 Å². The van der Waals surface area contributed by atoms with Crippen LogP contribution in [0.3, 0.4) is 0 Å². The molecule has 1 fully saturated rings. The number of nitrogens with two attached hydrogens (primary N) is 1. The first kappa shape index (κ1) is 19.7. The lowest BCUT2D eigenvalue weighted by Gasteiger charge is -2.26. The molecule has 1 heterocycles. The molecule has 1 saturated carbocycles. The summed E-state index contributed by atoms with van der Waals surface area (Å²) in [5.74, 6) is -0.0686. The van der Waals surface area contributed by atoms with Gasteiger partial charge in [0, 0.05) is 19.1 Å². The first-order valence-electron chi connectivity index (χ1n) is 9.70. The van der Waals surface area contributed by atoms with Crippen LogP contribution in [0.5, 0.6) is 0 Å². The minimum Gasteiger partial charge on any atom is -0.383 e. The molecule has 28 heavy (non-hydrogen) atoms. The first-order chi connectivity index (χ1) is 13.5. The highest BCUT2D eigenvalue weighted by Crippen LogP contribution is 2.21. The van der Waals surface area contributed by atoms with Gasteiger partial charge < -0.3 is 16.0 Å². The number of nitrogens with zero attached hydrogens (tertiary/aromatic N) is 2. The van der Waals surface area contributed by atoms with E-state index >= 15 is 0 Å². The number of aromatic amines is 1. The van der Waals surface area contributed by atoms with Crippen molar-refractivity contribution in [1.82, 2.24) is 14.9 Å². The molecule has 1 aromatic heterocycles. The van der Waals surface area contributed by atoms with Gasteiger partial charge in [-0.05, 0) is 24.8 Å². The van der Waals surface area contributed by atoms with Crippen LogP contribution in [0, 0.1) is 0 Å². The SMILES string of the molecule is CCCCn1c(N)c(N(CC(=O)NC2CC2)Cc2ccccc2)c(=O)[nH]c1=O. The lowest BCUT2D eigenvalue weighted by Crippen LogP contribution is -2.43. The van der Waals surface area contributed by atoms with E-state index in [1.807, 2.05) is 37.3 Å². The molecule has 150 valence electrons. The van der Waals surface area contributed by atoms with Gasteiger partial charge in [-0.2, -0.15) is 0 Å². The fourth-order valence-corrected chi connectivity index (χ4v) is 3.11. The Morgan fingerprint density at radius 3 is 2.64 bits per heavy atom. The van der Waals surface area contributed by atoms with Crippen LogP contribution in [-0.2, 0) is 17.9 Å². The van der Waals surface area contributed by atoms with E-state index in [0.717, 1.165) is 31.2 Å². The normalized spacial score (nSPS) is 13.3. The van der Waals surface area contributed by atoms with Crippen LogP contribution in [0.1, 0.15) is 38.2 Å². The molecule has 8 nitrogen and oxygen atoms in total. The molecule has 0 atom stereocenters. The second kappa shape index (κ2) is 8.77. The van der Waals surface area contributed by atoms with Crippen LogP contribution in [0.25, 0.3) is 0 Å². The van der Waals surface area contributed by atoms with E-state index in [0.29, 0.717) is 13.1 Å². The summed E-state index contributed by atoms with van der Waals surface area (Å²) >= 11 is 0. The standard InChI is InChI=1S/C20H27N5O3/c1-2-3-11-25-18(21)17(19(27)23-20(25)28)24(12-14-7-5-4-6-8-14)13-16(26)22-15-9-10-15/h4-8,15H,2-3,9-13,21H2,1H3,(H,22,26)(H,23,27,28). The predicted octanol–water partition coefficient (Wildman–Crippen LogP) is 1.20. The fraction of sp³-hybridized carbons (Fsp3) is 0.450. The number of nitrogen functional groups attached to an aromatic ring is 1. The lowest BCUT2D eigenvalue weighted by molar-refractivity contribution is -0.119. The van der Waals surface area contributed by atoms with Crippen molar-refractivity contribution < 1.29 is 4.79 Å². The molecule has 1 aliphatic carbocycles. The van der Waals surface area contributed by atoms with Crippen molar-refractivity contribution in [1.29, 1.82) is 0 Å². The number of benzene rings is 1. The summed E-state index contributed by atoms with van der Waals surface area (Å²) in [7, 11) is 0. The third-order valence-electron chi connectivity index (χ3n) is 4.76. The average Bonchev–Trinajstić information content (AvgIpc) is 3.46. The molecule has 1 aliphatic rings. The van der Waals surface area contributed by atoms with Gasteiger partial charge in [0.05, 0.1) is 6.54 Å². The number of aromatic nitrogens is 2. The van der Waals surface area contributed by atoms with Crippen molar-refractivity contribution in [2.45, 2.75) is 51.7 Å². The third-order valence-corrected chi connectivity index (χ3v) is 4.76. The molecule has 2 aromatic rings. The number of H-pyrrole nitrogens is 1. The van der Waals surface area contributed by atoms with Gasteiger partial charge in [-0.1, -0.05) is 43.7 Å². The van der Waals surface area contributed by atoms with E-state index in [9.17, 15) is 14.4 Å². The molecule has 0 unspecified atom stereocenters. The van der Waals surface area contributed by atoms with E-state index in [4.69, 9.17) is 5.73 Å². The second-order valence-corrected chi connectivity index (χ2v) is 7.18. The van der Waals surface area contributed by atoms with Gasteiger partial charge in [-0.3, -0.25) is 19.1 Å². The average molecular weight is 385 g/mol. The maximum Gasteiger partial charge on any atom is 0.330 e. The Bertz CT molecular complexity index is 931. The van der Waals surface area contributed by atoms with Gasteiger partial charge in [-0.15, -0.1) is 0 Å². The molecule has 3 rings (SSSR count). The minimum atomic E-state index is -0.578. The Labute approximate surface area is 163 Å². The van der Waals surface area contributed by atoms with Gasteiger partial charge in [-0.25, -0.2) is 4.79 Å². The Kier molecular flexibility index (Phi) is 6.18. The molecule has 1 aromatic carbocycles. The summed E-state index contributed by atoms with van der Waals surface area (Å²) in [6, 6.07) is 9.76. The van der Waals surface area contributed by atoms with Crippen molar-refractivity contribution >= 4 is 17.4 Å². The van der Waals surface area contributed by atoms with Crippen molar-refractivity contribution in [3.63, 3.8) is 0 Å². The summed E-state index contributed by atoms with van der Waals surface area (Å²) < 4.78 is 1.37. The zero-order valence-electron chi connectivity index (χ0n) is 16.1. The molecule has 0 saturated heterocycles. The summed E-state index contributed by atoms with van der Waals surface area (Å²) in [4.78, 5) is 41.2. The van der Waals surface area contributed by atoms with Crippen LogP contribution in [0.2, 0.25) is 0 Å². The summed E-state index contributed by atoms with van der Waals surface area (Å²) in [5, 5.41) is 2.94. The van der Waals surface area contributed by atoms with Crippen LogP contribution in [0.4, 0.5) is 11.5 Å². The number of amides is 1. The van der Waals surface area contributed by atoms with E-state index < -0.39 is 11.2 Å². The smallest absolute Gasteiger partial charge is 0.330 e. The summed E-state index contributed by atoms with van der Waals surface area (Å²) in [5.41, 5.74) is 6.23. The Morgan fingerprint density at radius 1 is 1.29 bits per heavy atom. The van der Waals surface area contributed by atoms with Gasteiger partial charge in [0.2, 0.25) is 5.91 Å². The molecule has 0 spiro atoms. The zero-order chi connectivity index (χ0) is 20.1. The molecule has 0 aliphatic heterocycles. The molecule has 0 bridgehead atoms. The van der Waals surface area contributed by atoms with E-state index in [-0.39, 0.29) is 30.0 Å². The Hall–Kier alpha value is -3.03. The predicted molar refractivity (Wildman–Crippen MR) is 109 cm³/mol. The number of carbonyl (C=O) groups excluding carboxylic acids is 1. The van der Waals surface area contributed by atoms with Crippen molar-refractivity contribution in [3.8, 4) is 0 Å². The number of nitrogens with one attached hydrogen (secondary N) is 2. The second-order valence-electron chi connectivity index (χ2n) is 7.18. The third kappa shape index (κ3) is 4.82. The van der Waals surface area contributed by atoms with Gasteiger partial charge in [0.25, 0.3) is 5.56 Å². The molecule has 8 heteroatoms.